The van der Waals surface area contributed by atoms with Crippen LogP contribution in [0.15, 0.2) is 30.3 Å². The molecule has 0 unspecified atom stereocenters. The van der Waals surface area contributed by atoms with Crippen molar-refractivity contribution in [2.75, 3.05) is 0 Å². The highest BCUT2D eigenvalue weighted by molar-refractivity contribution is 6.09. The topological polar surface area (TPSA) is 17.1 Å². The molecule has 0 atom stereocenters. The molecule has 0 spiro atoms. The molecule has 1 nitrogen and oxygen atoms in total. The van der Waals surface area contributed by atoms with Gasteiger partial charge in [0.15, 0.2) is 5.78 Å². The maximum atomic E-state index is 12.9. The molecule has 19 heavy (non-hydrogen) atoms. The van der Waals surface area contributed by atoms with E-state index in [4.69, 9.17) is 0 Å². The molecular formula is C18H20O. The van der Waals surface area contributed by atoms with Crippen molar-refractivity contribution >= 4 is 16.6 Å². The summed E-state index contributed by atoms with van der Waals surface area (Å²) in [4.78, 5) is 12.9. The van der Waals surface area contributed by atoms with Gasteiger partial charge in [-0.05, 0) is 62.1 Å². The number of rotatable bonds is 0. The average molecular weight is 252 g/mol. The Labute approximate surface area is 114 Å². The fraction of sp³-hybridized carbons (Fsp3) is 0.389. The number of Topliss-reactive ketones (excluding diaryl/α,β-unsaturated/α-hetero) is 1. The molecule has 1 aliphatic rings. The van der Waals surface area contributed by atoms with Gasteiger partial charge in [-0.1, -0.05) is 30.3 Å². The van der Waals surface area contributed by atoms with Crippen LogP contribution in [0, 0.1) is 6.92 Å². The zero-order valence-electron chi connectivity index (χ0n) is 12.3. The summed E-state index contributed by atoms with van der Waals surface area (Å²) in [5.74, 6) is 0.314. The first-order valence-corrected chi connectivity index (χ1v) is 6.86. The lowest BCUT2D eigenvalue weighted by Gasteiger charge is -2.41. The van der Waals surface area contributed by atoms with Crippen LogP contribution in [-0.4, -0.2) is 5.78 Å². The SMILES string of the molecule is Cc1ccc2cccc3c2c1C(C)(C)C(=O)C3(C)C. The predicted octanol–water partition coefficient (Wildman–Crippen LogP) is 4.29. The molecule has 1 heteroatoms. The smallest absolute Gasteiger partial charge is 0.152 e. The summed E-state index contributed by atoms with van der Waals surface area (Å²) in [6.07, 6.45) is 0. The molecule has 0 fully saturated rings. The molecule has 0 amide bonds. The third-order valence-electron chi connectivity index (χ3n) is 4.69. The van der Waals surface area contributed by atoms with E-state index in [-0.39, 0.29) is 0 Å². The van der Waals surface area contributed by atoms with Crippen molar-refractivity contribution in [2.45, 2.75) is 45.4 Å². The second-order valence-corrected chi connectivity index (χ2v) is 6.74. The minimum Gasteiger partial charge on any atom is -0.298 e. The van der Waals surface area contributed by atoms with E-state index < -0.39 is 10.8 Å². The molecule has 0 saturated carbocycles. The maximum Gasteiger partial charge on any atom is 0.152 e. The third kappa shape index (κ3) is 1.39. The monoisotopic (exact) mass is 252 g/mol. The number of hydrogen-bond acceptors (Lipinski definition) is 1. The Morgan fingerprint density at radius 1 is 0.895 bits per heavy atom. The van der Waals surface area contributed by atoms with Crippen molar-refractivity contribution in [3.63, 3.8) is 0 Å². The normalized spacial score (nSPS) is 19.7. The summed E-state index contributed by atoms with van der Waals surface area (Å²) >= 11 is 0. The molecule has 2 aromatic carbocycles. The summed E-state index contributed by atoms with van der Waals surface area (Å²) < 4.78 is 0. The molecular weight excluding hydrogens is 232 g/mol. The van der Waals surface area contributed by atoms with Crippen molar-refractivity contribution < 1.29 is 4.79 Å². The zero-order valence-corrected chi connectivity index (χ0v) is 12.3. The van der Waals surface area contributed by atoms with E-state index in [1.54, 1.807) is 0 Å². The molecule has 98 valence electrons. The second kappa shape index (κ2) is 3.47. The van der Waals surface area contributed by atoms with Gasteiger partial charge in [0.05, 0.1) is 5.41 Å². The lowest BCUT2D eigenvalue weighted by molar-refractivity contribution is -0.128. The molecule has 0 heterocycles. The van der Waals surface area contributed by atoms with Crippen molar-refractivity contribution in [2.24, 2.45) is 0 Å². The van der Waals surface area contributed by atoms with Gasteiger partial charge in [-0.2, -0.15) is 0 Å². The summed E-state index contributed by atoms with van der Waals surface area (Å²) in [7, 11) is 0. The molecule has 0 N–H and O–H groups in total. The van der Waals surface area contributed by atoms with Gasteiger partial charge in [-0.3, -0.25) is 4.79 Å². The average Bonchev–Trinajstić information content (AvgIpc) is 2.35. The van der Waals surface area contributed by atoms with Gasteiger partial charge in [-0.25, -0.2) is 0 Å². The molecule has 0 bridgehead atoms. The quantitative estimate of drug-likeness (QED) is 0.683. The Kier molecular flexibility index (Phi) is 2.27. The van der Waals surface area contributed by atoms with Crippen molar-refractivity contribution in [1.82, 2.24) is 0 Å². The Morgan fingerprint density at radius 2 is 1.58 bits per heavy atom. The molecule has 0 saturated heterocycles. The van der Waals surface area contributed by atoms with Gasteiger partial charge in [0.2, 0.25) is 0 Å². The molecule has 1 aliphatic carbocycles. The minimum atomic E-state index is -0.415. The standard InChI is InChI=1S/C18H20O/c1-11-9-10-12-7-6-8-13-14(12)15(11)18(4,5)16(19)17(13,2)3/h6-10H,1-5H3. The van der Waals surface area contributed by atoms with E-state index in [2.05, 4.69) is 65.0 Å². The van der Waals surface area contributed by atoms with Gasteiger partial charge in [-0.15, -0.1) is 0 Å². The highest BCUT2D eigenvalue weighted by Crippen LogP contribution is 2.47. The van der Waals surface area contributed by atoms with Crippen LogP contribution < -0.4 is 0 Å². The van der Waals surface area contributed by atoms with Crippen LogP contribution in [0.3, 0.4) is 0 Å². The van der Waals surface area contributed by atoms with E-state index in [1.807, 2.05) is 0 Å². The number of ketones is 1. The molecule has 0 aliphatic heterocycles. The summed E-state index contributed by atoms with van der Waals surface area (Å²) in [5, 5.41) is 2.53. The fourth-order valence-corrected chi connectivity index (χ4v) is 3.83. The first-order valence-electron chi connectivity index (χ1n) is 6.86. The minimum absolute atomic E-state index is 0.314. The molecule has 0 radical (unpaired) electrons. The Hall–Kier alpha value is -1.63. The van der Waals surface area contributed by atoms with Gasteiger partial charge >= 0.3 is 0 Å². The van der Waals surface area contributed by atoms with Gasteiger partial charge in [0.1, 0.15) is 0 Å². The third-order valence-corrected chi connectivity index (χ3v) is 4.69. The van der Waals surface area contributed by atoms with Crippen LogP contribution in [-0.2, 0) is 15.6 Å². The van der Waals surface area contributed by atoms with Crippen LogP contribution in [0.5, 0.6) is 0 Å². The van der Waals surface area contributed by atoms with Crippen LogP contribution in [0.4, 0.5) is 0 Å². The van der Waals surface area contributed by atoms with E-state index in [0.717, 1.165) is 0 Å². The van der Waals surface area contributed by atoms with E-state index in [1.165, 1.54) is 27.5 Å². The van der Waals surface area contributed by atoms with Gasteiger partial charge in [0.25, 0.3) is 0 Å². The largest absolute Gasteiger partial charge is 0.298 e. The first kappa shape index (κ1) is 12.4. The van der Waals surface area contributed by atoms with E-state index >= 15 is 0 Å². The molecule has 3 rings (SSSR count). The van der Waals surface area contributed by atoms with Crippen molar-refractivity contribution in [1.29, 1.82) is 0 Å². The highest BCUT2D eigenvalue weighted by atomic mass is 16.1. The Morgan fingerprint density at radius 3 is 2.26 bits per heavy atom. The number of benzene rings is 2. The lowest BCUT2D eigenvalue weighted by Crippen LogP contribution is -2.46. The van der Waals surface area contributed by atoms with Crippen molar-refractivity contribution in [3.8, 4) is 0 Å². The van der Waals surface area contributed by atoms with Crippen LogP contribution >= 0.6 is 0 Å². The predicted molar refractivity (Wildman–Crippen MR) is 79.7 cm³/mol. The number of aryl methyl sites for hydroxylation is 1. The van der Waals surface area contributed by atoms with Crippen LogP contribution in [0.1, 0.15) is 44.4 Å². The second-order valence-electron chi connectivity index (χ2n) is 6.74. The van der Waals surface area contributed by atoms with Gasteiger partial charge in [0, 0.05) is 5.41 Å². The highest BCUT2D eigenvalue weighted by Gasteiger charge is 2.47. The van der Waals surface area contributed by atoms with E-state index in [0.29, 0.717) is 5.78 Å². The Bertz CT molecular complexity index is 705. The fourth-order valence-electron chi connectivity index (χ4n) is 3.83. The van der Waals surface area contributed by atoms with Crippen LogP contribution in [0.25, 0.3) is 10.8 Å². The number of carbonyl (C=O) groups excluding carboxylic acids is 1. The maximum absolute atomic E-state index is 12.9. The first-order chi connectivity index (χ1) is 8.78. The van der Waals surface area contributed by atoms with Crippen LogP contribution in [0.2, 0.25) is 0 Å². The Balaban J connectivity index is 2.60. The van der Waals surface area contributed by atoms with Crippen molar-refractivity contribution in [3.05, 3.63) is 47.0 Å². The molecule has 2 aromatic rings. The lowest BCUT2D eigenvalue weighted by atomic mass is 9.60. The van der Waals surface area contributed by atoms with E-state index in [9.17, 15) is 4.79 Å². The number of hydrogen-bond donors (Lipinski definition) is 0. The zero-order chi connectivity index (χ0) is 14.0. The summed E-state index contributed by atoms with van der Waals surface area (Å²) in [5.41, 5.74) is 2.78. The number of carbonyl (C=O) groups is 1. The summed E-state index contributed by atoms with van der Waals surface area (Å²) in [6.45, 7) is 10.3. The van der Waals surface area contributed by atoms with Gasteiger partial charge < -0.3 is 0 Å². The summed E-state index contributed by atoms with van der Waals surface area (Å²) in [6, 6.07) is 10.6. The molecule has 0 aromatic heterocycles.